The number of non-ortho nitro benzene ring substituents is 1. The molecular formula is C17H22ClN5O3. The van der Waals surface area contributed by atoms with Crippen molar-refractivity contribution < 1.29 is 9.72 Å². The third-order valence-electron chi connectivity index (χ3n) is 3.63. The van der Waals surface area contributed by atoms with Crippen LogP contribution in [0.1, 0.15) is 33.1 Å². The molecule has 0 radical (unpaired) electrons. The van der Waals surface area contributed by atoms with Gasteiger partial charge in [-0.15, -0.1) is 0 Å². The van der Waals surface area contributed by atoms with Crippen LogP contribution < -0.4 is 10.6 Å². The number of anilines is 1. The fourth-order valence-corrected chi connectivity index (χ4v) is 2.57. The average Bonchev–Trinajstić information content (AvgIpc) is 2.56. The molecule has 2 rings (SSSR count). The summed E-state index contributed by atoms with van der Waals surface area (Å²) in [6, 6.07) is 4.28. The molecule has 8 nitrogen and oxygen atoms in total. The van der Waals surface area contributed by atoms with Gasteiger partial charge >= 0.3 is 0 Å². The van der Waals surface area contributed by atoms with Gasteiger partial charge in [0.05, 0.1) is 16.0 Å². The van der Waals surface area contributed by atoms with Gasteiger partial charge in [0.2, 0.25) is 5.91 Å². The van der Waals surface area contributed by atoms with Crippen molar-refractivity contribution in [2.24, 2.45) is 5.92 Å². The van der Waals surface area contributed by atoms with Gasteiger partial charge < -0.3 is 10.6 Å². The highest BCUT2D eigenvalue weighted by molar-refractivity contribution is 6.32. The molecule has 0 unspecified atom stereocenters. The Balaban J connectivity index is 1.83. The van der Waals surface area contributed by atoms with E-state index in [1.54, 1.807) is 6.07 Å². The number of unbranched alkanes of at least 4 members (excludes halogenated alkanes) is 1. The van der Waals surface area contributed by atoms with E-state index in [1.807, 2.05) is 13.8 Å². The summed E-state index contributed by atoms with van der Waals surface area (Å²) in [6.07, 6.45) is 2.21. The topological polar surface area (TPSA) is 110 Å². The molecule has 0 aliphatic carbocycles. The Labute approximate surface area is 156 Å². The van der Waals surface area contributed by atoms with Crippen LogP contribution >= 0.6 is 11.6 Å². The molecule has 1 heterocycles. The minimum absolute atomic E-state index is 0.0527. The molecule has 9 heteroatoms. The number of fused-ring (bicyclic) bond motifs is 1. The van der Waals surface area contributed by atoms with Crippen molar-refractivity contribution >= 4 is 40.0 Å². The van der Waals surface area contributed by atoms with Gasteiger partial charge in [-0.1, -0.05) is 25.4 Å². The van der Waals surface area contributed by atoms with Gasteiger partial charge in [-0.2, -0.15) is 0 Å². The molecule has 0 fully saturated rings. The number of nitrogens with one attached hydrogen (secondary N) is 2. The number of amides is 1. The maximum Gasteiger partial charge on any atom is 0.271 e. The quantitative estimate of drug-likeness (QED) is 0.391. The van der Waals surface area contributed by atoms with Crippen LogP contribution in [0, 0.1) is 16.0 Å². The van der Waals surface area contributed by atoms with Gasteiger partial charge in [0, 0.05) is 31.6 Å². The first-order valence-corrected chi connectivity index (χ1v) is 8.87. The molecule has 0 atom stereocenters. The first-order valence-electron chi connectivity index (χ1n) is 8.49. The predicted octanol–water partition coefficient (Wildman–Crippen LogP) is 3.55. The second kappa shape index (κ2) is 9.28. The van der Waals surface area contributed by atoms with E-state index in [4.69, 9.17) is 11.6 Å². The maximum absolute atomic E-state index is 11.5. The standard InChI is InChI=1S/C17H22ClN5O3/c1-11(2)9-15(24)19-7-3-4-8-20-17-16(18)21-14-10-12(23(25)26)5-6-13(14)22-17/h5-6,10-11H,3-4,7-9H2,1-2H3,(H,19,24)(H,20,22). The molecule has 2 N–H and O–H groups in total. The Kier molecular flexibility index (Phi) is 7.08. The van der Waals surface area contributed by atoms with Crippen molar-refractivity contribution in [2.75, 3.05) is 18.4 Å². The highest BCUT2D eigenvalue weighted by Crippen LogP contribution is 2.24. The number of halogens is 1. The summed E-state index contributed by atoms with van der Waals surface area (Å²) >= 11 is 6.10. The molecule has 0 spiro atoms. The normalized spacial score (nSPS) is 10.9. The fourth-order valence-electron chi connectivity index (χ4n) is 2.37. The second-order valence-corrected chi connectivity index (χ2v) is 6.73. The monoisotopic (exact) mass is 379 g/mol. The number of carbonyl (C=O) groups excluding carboxylic acids is 1. The number of hydrogen-bond donors (Lipinski definition) is 2. The Morgan fingerprint density at radius 2 is 1.96 bits per heavy atom. The van der Waals surface area contributed by atoms with Crippen molar-refractivity contribution in [3.63, 3.8) is 0 Å². The lowest BCUT2D eigenvalue weighted by Crippen LogP contribution is -2.25. The van der Waals surface area contributed by atoms with E-state index in [2.05, 4.69) is 20.6 Å². The van der Waals surface area contributed by atoms with Crippen molar-refractivity contribution in [1.29, 1.82) is 0 Å². The lowest BCUT2D eigenvalue weighted by molar-refractivity contribution is -0.384. The molecule has 1 aromatic heterocycles. The largest absolute Gasteiger partial charge is 0.367 e. The van der Waals surface area contributed by atoms with E-state index in [-0.39, 0.29) is 16.7 Å². The third kappa shape index (κ3) is 5.80. The number of aromatic nitrogens is 2. The Hall–Kier alpha value is -2.48. The maximum atomic E-state index is 11.5. The van der Waals surface area contributed by atoms with Crippen molar-refractivity contribution in [3.8, 4) is 0 Å². The first-order chi connectivity index (χ1) is 12.4. The number of nitro benzene ring substituents is 1. The molecule has 26 heavy (non-hydrogen) atoms. The Bertz CT molecular complexity index is 797. The zero-order valence-corrected chi connectivity index (χ0v) is 15.5. The molecule has 0 aliphatic rings. The SMILES string of the molecule is CC(C)CC(=O)NCCCCNc1nc2ccc([N+](=O)[O-])cc2nc1Cl. The Morgan fingerprint density at radius 1 is 1.23 bits per heavy atom. The van der Waals surface area contributed by atoms with E-state index < -0.39 is 4.92 Å². The predicted molar refractivity (Wildman–Crippen MR) is 101 cm³/mol. The molecule has 0 saturated carbocycles. The summed E-state index contributed by atoms with van der Waals surface area (Å²) in [4.78, 5) is 30.4. The molecular weight excluding hydrogens is 358 g/mol. The number of hydrogen-bond acceptors (Lipinski definition) is 6. The van der Waals surface area contributed by atoms with Gasteiger partial charge in [0.15, 0.2) is 11.0 Å². The van der Waals surface area contributed by atoms with Gasteiger partial charge in [-0.05, 0) is 24.8 Å². The van der Waals surface area contributed by atoms with Gasteiger partial charge in [-0.25, -0.2) is 9.97 Å². The minimum Gasteiger partial charge on any atom is -0.367 e. The minimum atomic E-state index is -0.485. The van der Waals surface area contributed by atoms with E-state index in [0.717, 1.165) is 12.8 Å². The zero-order valence-electron chi connectivity index (χ0n) is 14.8. The van der Waals surface area contributed by atoms with Crippen LogP contribution in [0.15, 0.2) is 18.2 Å². The number of carbonyl (C=O) groups is 1. The lowest BCUT2D eigenvalue weighted by Gasteiger charge is -2.09. The van der Waals surface area contributed by atoms with Crippen molar-refractivity contribution in [1.82, 2.24) is 15.3 Å². The van der Waals surface area contributed by atoms with Crippen molar-refractivity contribution in [2.45, 2.75) is 33.1 Å². The highest BCUT2D eigenvalue weighted by Gasteiger charge is 2.11. The summed E-state index contributed by atoms with van der Waals surface area (Å²) in [6.45, 7) is 5.28. The lowest BCUT2D eigenvalue weighted by atomic mass is 10.1. The van der Waals surface area contributed by atoms with Crippen LogP contribution in [-0.4, -0.2) is 33.9 Å². The van der Waals surface area contributed by atoms with E-state index in [0.29, 0.717) is 42.3 Å². The highest BCUT2D eigenvalue weighted by atomic mass is 35.5. The number of nitrogens with zero attached hydrogens (tertiary/aromatic N) is 3. The second-order valence-electron chi connectivity index (χ2n) is 6.37. The molecule has 0 bridgehead atoms. The Morgan fingerprint density at radius 3 is 2.65 bits per heavy atom. The van der Waals surface area contributed by atoms with Gasteiger partial charge in [0.1, 0.15) is 0 Å². The van der Waals surface area contributed by atoms with Crippen LogP contribution in [0.3, 0.4) is 0 Å². The number of nitro groups is 1. The van der Waals surface area contributed by atoms with Crippen LogP contribution in [0.25, 0.3) is 11.0 Å². The van der Waals surface area contributed by atoms with Gasteiger partial charge in [-0.3, -0.25) is 14.9 Å². The number of benzene rings is 1. The molecule has 0 saturated heterocycles. The van der Waals surface area contributed by atoms with E-state index >= 15 is 0 Å². The van der Waals surface area contributed by atoms with Crippen LogP contribution in [-0.2, 0) is 4.79 Å². The van der Waals surface area contributed by atoms with E-state index in [9.17, 15) is 14.9 Å². The van der Waals surface area contributed by atoms with Crippen LogP contribution in [0.2, 0.25) is 5.15 Å². The fraction of sp³-hybridized carbons (Fsp3) is 0.471. The first kappa shape index (κ1) is 19.8. The van der Waals surface area contributed by atoms with Crippen LogP contribution in [0.4, 0.5) is 11.5 Å². The van der Waals surface area contributed by atoms with Crippen LogP contribution in [0.5, 0.6) is 0 Å². The molecule has 1 aromatic carbocycles. The zero-order chi connectivity index (χ0) is 19.1. The smallest absolute Gasteiger partial charge is 0.271 e. The summed E-state index contributed by atoms with van der Waals surface area (Å²) in [5, 5.41) is 17.0. The molecule has 2 aromatic rings. The third-order valence-corrected chi connectivity index (χ3v) is 3.89. The molecule has 140 valence electrons. The average molecular weight is 380 g/mol. The number of rotatable bonds is 9. The molecule has 1 amide bonds. The van der Waals surface area contributed by atoms with Crippen molar-refractivity contribution in [3.05, 3.63) is 33.5 Å². The summed E-state index contributed by atoms with van der Waals surface area (Å²) in [5.74, 6) is 0.870. The van der Waals surface area contributed by atoms with E-state index in [1.165, 1.54) is 12.1 Å². The van der Waals surface area contributed by atoms with Gasteiger partial charge in [0.25, 0.3) is 5.69 Å². The summed E-state index contributed by atoms with van der Waals surface area (Å²) < 4.78 is 0. The summed E-state index contributed by atoms with van der Waals surface area (Å²) in [5.41, 5.74) is 0.856. The molecule has 0 aliphatic heterocycles. The summed E-state index contributed by atoms with van der Waals surface area (Å²) in [7, 11) is 0.